The molecule has 0 aliphatic heterocycles. The molecular formula is C41H78O6. The third-order valence-electron chi connectivity index (χ3n) is 9.04. The molecule has 0 saturated heterocycles. The summed E-state index contributed by atoms with van der Waals surface area (Å²) in [5.41, 5.74) is 0. The fraction of sp³-hybridized carbons (Fsp3) is 0.927. The number of hydrogen-bond donors (Lipinski definition) is 0. The molecule has 1 atom stereocenters. The van der Waals surface area contributed by atoms with Crippen LogP contribution >= 0.6 is 0 Å². The number of carbonyl (C=O) groups is 3. The van der Waals surface area contributed by atoms with E-state index in [2.05, 4.69) is 27.7 Å². The molecule has 0 fully saturated rings. The third-order valence-corrected chi connectivity index (χ3v) is 9.04. The highest BCUT2D eigenvalue weighted by atomic mass is 16.6. The van der Waals surface area contributed by atoms with Gasteiger partial charge in [0.25, 0.3) is 0 Å². The number of esters is 3. The van der Waals surface area contributed by atoms with Crippen molar-refractivity contribution in [3.8, 4) is 0 Å². The van der Waals surface area contributed by atoms with E-state index in [1.165, 1.54) is 116 Å². The van der Waals surface area contributed by atoms with Gasteiger partial charge < -0.3 is 14.2 Å². The van der Waals surface area contributed by atoms with Crippen LogP contribution in [-0.2, 0) is 28.6 Å². The molecule has 6 nitrogen and oxygen atoms in total. The Labute approximate surface area is 291 Å². The Morgan fingerprint density at radius 2 is 0.702 bits per heavy atom. The van der Waals surface area contributed by atoms with Crippen LogP contribution in [-0.4, -0.2) is 37.2 Å². The van der Waals surface area contributed by atoms with Crippen molar-refractivity contribution >= 4 is 17.9 Å². The summed E-state index contributed by atoms with van der Waals surface area (Å²) in [6.45, 7) is 8.90. The predicted octanol–water partition coefficient (Wildman–Crippen LogP) is 12.4. The molecule has 0 radical (unpaired) electrons. The molecule has 0 amide bonds. The maximum atomic E-state index is 12.5. The summed E-state index contributed by atoms with van der Waals surface area (Å²) >= 11 is 0. The van der Waals surface area contributed by atoms with Gasteiger partial charge in [-0.3, -0.25) is 14.4 Å². The van der Waals surface area contributed by atoms with Crippen LogP contribution in [0.3, 0.4) is 0 Å². The SMILES string of the molecule is CCCCCCCCCCCC(=O)OC[C@@H](COC(=O)CCCCCCCCCCCCC(C)C)OC(=O)CCCCCCCCC. The topological polar surface area (TPSA) is 78.9 Å². The molecule has 278 valence electrons. The molecule has 0 spiro atoms. The van der Waals surface area contributed by atoms with Gasteiger partial charge in [-0.1, -0.05) is 182 Å². The Balaban J connectivity index is 4.27. The van der Waals surface area contributed by atoms with Crippen LogP contribution < -0.4 is 0 Å². The lowest BCUT2D eigenvalue weighted by Crippen LogP contribution is -2.30. The number of unbranched alkanes of at least 4 members (excludes halogenated alkanes) is 23. The molecule has 0 aromatic heterocycles. The molecule has 0 saturated carbocycles. The van der Waals surface area contributed by atoms with E-state index >= 15 is 0 Å². The van der Waals surface area contributed by atoms with Gasteiger partial charge in [0.15, 0.2) is 6.10 Å². The number of ether oxygens (including phenoxy) is 3. The molecule has 6 heteroatoms. The zero-order valence-electron chi connectivity index (χ0n) is 31.7. The predicted molar refractivity (Wildman–Crippen MR) is 196 cm³/mol. The lowest BCUT2D eigenvalue weighted by atomic mass is 10.0. The van der Waals surface area contributed by atoms with Gasteiger partial charge in [0.05, 0.1) is 0 Å². The summed E-state index contributed by atoms with van der Waals surface area (Å²) in [7, 11) is 0. The minimum absolute atomic E-state index is 0.0654. The second kappa shape index (κ2) is 35.7. The number of carbonyl (C=O) groups excluding carboxylic acids is 3. The first kappa shape index (κ1) is 45.4. The Kier molecular flexibility index (Phi) is 34.5. The van der Waals surface area contributed by atoms with Crippen molar-refractivity contribution in [2.45, 2.75) is 226 Å². The van der Waals surface area contributed by atoms with Crippen molar-refractivity contribution in [2.24, 2.45) is 5.92 Å². The first-order valence-electron chi connectivity index (χ1n) is 20.4. The highest BCUT2D eigenvalue weighted by Gasteiger charge is 2.19. The molecule has 0 aliphatic rings. The van der Waals surface area contributed by atoms with Crippen LogP contribution in [0.2, 0.25) is 0 Å². The van der Waals surface area contributed by atoms with E-state index in [-0.39, 0.29) is 31.1 Å². The Morgan fingerprint density at radius 1 is 0.404 bits per heavy atom. The average Bonchev–Trinajstić information content (AvgIpc) is 3.05. The van der Waals surface area contributed by atoms with Gasteiger partial charge in [-0.05, 0) is 25.2 Å². The van der Waals surface area contributed by atoms with Crippen LogP contribution in [0.15, 0.2) is 0 Å². The minimum atomic E-state index is -0.756. The van der Waals surface area contributed by atoms with E-state index in [0.29, 0.717) is 19.3 Å². The van der Waals surface area contributed by atoms with Crippen molar-refractivity contribution in [1.82, 2.24) is 0 Å². The molecule has 0 heterocycles. The second-order valence-electron chi connectivity index (χ2n) is 14.4. The van der Waals surface area contributed by atoms with Crippen LogP contribution in [0.5, 0.6) is 0 Å². The number of hydrogen-bond acceptors (Lipinski definition) is 6. The quantitative estimate of drug-likeness (QED) is 0.0376. The van der Waals surface area contributed by atoms with Crippen LogP contribution in [0.1, 0.15) is 220 Å². The van der Waals surface area contributed by atoms with E-state index in [0.717, 1.165) is 63.7 Å². The first-order chi connectivity index (χ1) is 22.9. The fourth-order valence-corrected chi connectivity index (χ4v) is 5.92. The zero-order chi connectivity index (χ0) is 34.6. The molecule has 0 N–H and O–H groups in total. The second-order valence-corrected chi connectivity index (χ2v) is 14.4. The van der Waals surface area contributed by atoms with Gasteiger partial charge in [-0.2, -0.15) is 0 Å². The Bertz CT molecular complexity index is 706. The molecule has 0 aromatic rings. The van der Waals surface area contributed by atoms with Gasteiger partial charge in [-0.15, -0.1) is 0 Å². The molecule has 47 heavy (non-hydrogen) atoms. The highest BCUT2D eigenvalue weighted by Crippen LogP contribution is 2.15. The summed E-state index contributed by atoms with van der Waals surface area (Å²) in [5, 5.41) is 0. The van der Waals surface area contributed by atoms with Gasteiger partial charge in [0, 0.05) is 19.3 Å². The van der Waals surface area contributed by atoms with Crippen molar-refractivity contribution in [3.63, 3.8) is 0 Å². The maximum absolute atomic E-state index is 12.5. The van der Waals surface area contributed by atoms with Gasteiger partial charge in [0.2, 0.25) is 0 Å². The van der Waals surface area contributed by atoms with Crippen molar-refractivity contribution < 1.29 is 28.6 Å². The normalized spacial score (nSPS) is 11.9. The van der Waals surface area contributed by atoms with E-state index < -0.39 is 6.10 Å². The summed E-state index contributed by atoms with van der Waals surface area (Å²) in [5.74, 6) is -0.0521. The molecular weight excluding hydrogens is 588 g/mol. The third kappa shape index (κ3) is 35.5. The van der Waals surface area contributed by atoms with Gasteiger partial charge in [-0.25, -0.2) is 0 Å². The monoisotopic (exact) mass is 667 g/mol. The van der Waals surface area contributed by atoms with Crippen molar-refractivity contribution in [3.05, 3.63) is 0 Å². The Hall–Kier alpha value is -1.59. The largest absolute Gasteiger partial charge is 0.462 e. The minimum Gasteiger partial charge on any atom is -0.462 e. The fourth-order valence-electron chi connectivity index (χ4n) is 5.92. The average molecular weight is 667 g/mol. The summed E-state index contributed by atoms with van der Waals surface area (Å²) < 4.78 is 16.6. The molecule has 0 unspecified atom stereocenters. The molecule has 0 aromatic carbocycles. The van der Waals surface area contributed by atoms with E-state index in [4.69, 9.17) is 14.2 Å². The molecule has 0 aliphatic carbocycles. The number of rotatable bonds is 36. The standard InChI is InChI=1S/C41H78O6/c1-5-7-9-11-13-16-21-24-28-32-39(42)45-35-38(47-41(44)34-30-26-19-12-10-8-6-2)36-46-40(43)33-29-25-22-18-15-14-17-20-23-27-31-37(3)4/h37-38H,5-36H2,1-4H3/t38-/m0/s1. The van der Waals surface area contributed by atoms with Crippen LogP contribution in [0.25, 0.3) is 0 Å². The summed E-state index contributed by atoms with van der Waals surface area (Å²) in [6, 6.07) is 0. The van der Waals surface area contributed by atoms with E-state index in [1.54, 1.807) is 0 Å². The molecule has 0 rings (SSSR count). The maximum Gasteiger partial charge on any atom is 0.306 e. The lowest BCUT2D eigenvalue weighted by molar-refractivity contribution is -0.167. The van der Waals surface area contributed by atoms with Gasteiger partial charge >= 0.3 is 17.9 Å². The highest BCUT2D eigenvalue weighted by molar-refractivity contribution is 5.71. The van der Waals surface area contributed by atoms with Gasteiger partial charge in [0.1, 0.15) is 13.2 Å². The first-order valence-corrected chi connectivity index (χ1v) is 20.4. The summed E-state index contributed by atoms with van der Waals surface area (Å²) in [4.78, 5) is 37.3. The van der Waals surface area contributed by atoms with E-state index in [9.17, 15) is 14.4 Å². The lowest BCUT2D eigenvalue weighted by Gasteiger charge is -2.18. The Morgan fingerprint density at radius 3 is 1.04 bits per heavy atom. The van der Waals surface area contributed by atoms with Crippen LogP contribution in [0, 0.1) is 5.92 Å². The van der Waals surface area contributed by atoms with Crippen molar-refractivity contribution in [2.75, 3.05) is 13.2 Å². The zero-order valence-corrected chi connectivity index (χ0v) is 31.7. The van der Waals surface area contributed by atoms with Crippen LogP contribution in [0.4, 0.5) is 0 Å². The summed E-state index contributed by atoms with van der Waals surface area (Å²) in [6.07, 6.45) is 32.4. The van der Waals surface area contributed by atoms with Crippen molar-refractivity contribution in [1.29, 1.82) is 0 Å². The molecule has 0 bridgehead atoms. The smallest absolute Gasteiger partial charge is 0.306 e. The van der Waals surface area contributed by atoms with E-state index in [1.807, 2.05) is 0 Å².